The van der Waals surface area contributed by atoms with Crippen LogP contribution in [0.5, 0.6) is 5.75 Å². The molecule has 3 rings (SSSR count). The molecule has 8 heteroatoms. The van der Waals surface area contributed by atoms with Gasteiger partial charge in [0.05, 0.1) is 13.1 Å². The van der Waals surface area contributed by atoms with Gasteiger partial charge in [-0.25, -0.2) is 9.38 Å². The van der Waals surface area contributed by atoms with E-state index in [0.717, 1.165) is 30.6 Å². The molecule has 1 amide bonds. The number of aliphatic imine (C=N–C) groups is 1. The Hall–Kier alpha value is -2.36. The quantitative estimate of drug-likeness (QED) is 0.279. The summed E-state index contributed by atoms with van der Waals surface area (Å²) in [7, 11) is 0. The van der Waals surface area contributed by atoms with Crippen LogP contribution in [0.25, 0.3) is 0 Å². The van der Waals surface area contributed by atoms with Crippen LogP contribution in [0.3, 0.4) is 0 Å². The van der Waals surface area contributed by atoms with Crippen molar-refractivity contribution in [2.45, 2.75) is 45.9 Å². The van der Waals surface area contributed by atoms with Crippen LogP contribution < -0.4 is 15.4 Å². The lowest BCUT2D eigenvalue weighted by Crippen LogP contribution is -2.41. The third-order valence-corrected chi connectivity index (χ3v) is 4.99. The van der Waals surface area contributed by atoms with Crippen molar-refractivity contribution in [2.75, 3.05) is 19.6 Å². The van der Waals surface area contributed by atoms with E-state index in [-0.39, 0.29) is 41.8 Å². The minimum Gasteiger partial charge on any atom is -0.489 e. The molecule has 2 N–H and O–H groups in total. The van der Waals surface area contributed by atoms with Crippen LogP contribution in [0.4, 0.5) is 4.39 Å². The second kappa shape index (κ2) is 13.2. The number of ether oxygens (including phenoxy) is 1. The molecule has 1 fully saturated rings. The van der Waals surface area contributed by atoms with E-state index in [1.165, 1.54) is 12.1 Å². The van der Waals surface area contributed by atoms with Crippen molar-refractivity contribution in [2.24, 2.45) is 4.99 Å². The van der Waals surface area contributed by atoms with E-state index in [9.17, 15) is 9.18 Å². The molecule has 1 saturated heterocycles. The lowest BCUT2D eigenvalue weighted by molar-refractivity contribution is -0.128. The van der Waals surface area contributed by atoms with Gasteiger partial charge < -0.3 is 20.3 Å². The van der Waals surface area contributed by atoms with Crippen LogP contribution in [-0.2, 0) is 17.9 Å². The Bertz CT molecular complexity index is 909. The lowest BCUT2D eigenvalue weighted by Gasteiger charge is -2.18. The van der Waals surface area contributed by atoms with Gasteiger partial charge in [0, 0.05) is 32.1 Å². The molecule has 0 spiro atoms. The van der Waals surface area contributed by atoms with E-state index in [4.69, 9.17) is 4.74 Å². The maximum atomic E-state index is 13.3. The number of hydrogen-bond acceptors (Lipinski definition) is 3. The van der Waals surface area contributed by atoms with Crippen molar-refractivity contribution in [3.05, 3.63) is 65.5 Å². The van der Waals surface area contributed by atoms with Crippen molar-refractivity contribution in [3.63, 3.8) is 0 Å². The number of nitrogens with one attached hydrogen (secondary N) is 2. The number of halogens is 2. The summed E-state index contributed by atoms with van der Waals surface area (Å²) in [5, 5.41) is 6.50. The van der Waals surface area contributed by atoms with E-state index in [1.807, 2.05) is 36.9 Å². The summed E-state index contributed by atoms with van der Waals surface area (Å²) in [5.41, 5.74) is 2.21. The van der Waals surface area contributed by atoms with Crippen molar-refractivity contribution in [3.8, 4) is 5.75 Å². The first-order valence-corrected chi connectivity index (χ1v) is 10.8. The Morgan fingerprint density at radius 3 is 2.69 bits per heavy atom. The second-order valence-corrected chi connectivity index (χ2v) is 7.70. The number of likely N-dealkylation sites (tertiary alicyclic amines) is 1. The topological polar surface area (TPSA) is 66.0 Å². The molecule has 32 heavy (non-hydrogen) atoms. The number of rotatable bonds is 9. The Kier molecular flexibility index (Phi) is 10.7. The zero-order chi connectivity index (χ0) is 22.1. The third-order valence-electron chi connectivity index (χ3n) is 4.99. The van der Waals surface area contributed by atoms with Gasteiger partial charge in [-0.15, -0.1) is 24.0 Å². The highest BCUT2D eigenvalue weighted by molar-refractivity contribution is 14.0. The molecule has 1 atom stereocenters. The SMILES string of the molecule is CCNC(=NCc1cccc(CN2CCCC2=O)c1)NCC(C)Oc1cccc(F)c1.I. The Balaban J connectivity index is 0.00000363. The smallest absolute Gasteiger partial charge is 0.222 e. The summed E-state index contributed by atoms with van der Waals surface area (Å²) in [5.74, 6) is 1.11. The number of carbonyl (C=O) groups excluding carboxylic acids is 1. The minimum atomic E-state index is -0.316. The van der Waals surface area contributed by atoms with Crippen LogP contribution >= 0.6 is 24.0 Å². The number of hydrogen-bond donors (Lipinski definition) is 2. The van der Waals surface area contributed by atoms with E-state index < -0.39 is 0 Å². The van der Waals surface area contributed by atoms with E-state index in [1.54, 1.807) is 12.1 Å². The maximum Gasteiger partial charge on any atom is 0.222 e. The van der Waals surface area contributed by atoms with Crippen LogP contribution in [0, 0.1) is 5.82 Å². The second-order valence-electron chi connectivity index (χ2n) is 7.70. The first kappa shape index (κ1) is 25.9. The Morgan fingerprint density at radius 2 is 1.97 bits per heavy atom. The molecule has 0 aromatic heterocycles. The fourth-order valence-electron chi connectivity index (χ4n) is 3.48. The van der Waals surface area contributed by atoms with Gasteiger partial charge in [0.25, 0.3) is 0 Å². The van der Waals surface area contributed by atoms with Gasteiger partial charge in [-0.2, -0.15) is 0 Å². The van der Waals surface area contributed by atoms with Crippen LogP contribution in [-0.4, -0.2) is 42.5 Å². The molecule has 0 saturated carbocycles. The maximum absolute atomic E-state index is 13.3. The van der Waals surface area contributed by atoms with Gasteiger partial charge in [0.15, 0.2) is 5.96 Å². The Morgan fingerprint density at radius 1 is 1.19 bits per heavy atom. The molecule has 2 aromatic carbocycles. The molecule has 6 nitrogen and oxygen atoms in total. The van der Waals surface area contributed by atoms with Gasteiger partial charge in [0.1, 0.15) is 17.7 Å². The van der Waals surface area contributed by atoms with Crippen LogP contribution in [0.15, 0.2) is 53.5 Å². The fraction of sp³-hybridized carbons (Fsp3) is 0.417. The normalized spacial score (nSPS) is 14.7. The summed E-state index contributed by atoms with van der Waals surface area (Å²) < 4.78 is 19.1. The summed E-state index contributed by atoms with van der Waals surface area (Å²) in [6.45, 7) is 7.22. The highest BCUT2D eigenvalue weighted by atomic mass is 127. The summed E-state index contributed by atoms with van der Waals surface area (Å²) >= 11 is 0. The average Bonchev–Trinajstić information content (AvgIpc) is 3.15. The highest BCUT2D eigenvalue weighted by Gasteiger charge is 2.19. The molecule has 174 valence electrons. The molecule has 2 aromatic rings. The van der Waals surface area contributed by atoms with Gasteiger partial charge in [-0.05, 0) is 43.5 Å². The molecule has 1 heterocycles. The van der Waals surface area contributed by atoms with Gasteiger partial charge in [-0.1, -0.05) is 30.3 Å². The molecular weight excluding hydrogens is 522 g/mol. The first-order chi connectivity index (χ1) is 15.0. The van der Waals surface area contributed by atoms with E-state index in [2.05, 4.69) is 21.7 Å². The highest BCUT2D eigenvalue weighted by Crippen LogP contribution is 2.16. The zero-order valence-corrected chi connectivity index (χ0v) is 21.0. The van der Waals surface area contributed by atoms with Gasteiger partial charge in [0.2, 0.25) is 5.91 Å². The van der Waals surface area contributed by atoms with Crippen molar-refractivity contribution in [1.82, 2.24) is 15.5 Å². The monoisotopic (exact) mass is 554 g/mol. The number of carbonyl (C=O) groups is 1. The Labute approximate surface area is 206 Å². The predicted octanol–water partition coefficient (Wildman–Crippen LogP) is 4.09. The number of benzene rings is 2. The number of amides is 1. The summed E-state index contributed by atoms with van der Waals surface area (Å²) in [6.07, 6.45) is 1.44. The van der Waals surface area contributed by atoms with Crippen LogP contribution in [0.2, 0.25) is 0 Å². The molecule has 1 aliphatic rings. The molecule has 1 unspecified atom stereocenters. The summed E-state index contributed by atoms with van der Waals surface area (Å²) in [4.78, 5) is 18.4. The van der Waals surface area contributed by atoms with Gasteiger partial charge in [-0.3, -0.25) is 4.79 Å². The van der Waals surface area contributed by atoms with Gasteiger partial charge >= 0.3 is 0 Å². The van der Waals surface area contributed by atoms with Crippen LogP contribution in [0.1, 0.15) is 37.8 Å². The summed E-state index contributed by atoms with van der Waals surface area (Å²) in [6, 6.07) is 14.3. The molecule has 0 bridgehead atoms. The third kappa shape index (κ3) is 8.29. The fourth-order valence-corrected chi connectivity index (χ4v) is 3.48. The minimum absolute atomic E-state index is 0. The zero-order valence-electron chi connectivity index (χ0n) is 18.6. The number of guanidine groups is 1. The molecular formula is C24H32FIN4O2. The van der Waals surface area contributed by atoms with E-state index >= 15 is 0 Å². The average molecular weight is 554 g/mol. The lowest BCUT2D eigenvalue weighted by atomic mass is 10.1. The number of nitrogens with zero attached hydrogens (tertiary/aromatic N) is 2. The molecule has 1 aliphatic heterocycles. The predicted molar refractivity (Wildman–Crippen MR) is 136 cm³/mol. The first-order valence-electron chi connectivity index (χ1n) is 10.8. The van der Waals surface area contributed by atoms with Crippen molar-refractivity contribution < 1.29 is 13.9 Å². The standard InChI is InChI=1S/C24H31FN4O2.HI/c1-3-26-24(27-15-18(2)31-22-10-5-9-21(25)14-22)28-16-19-7-4-8-20(13-19)17-29-12-6-11-23(29)30;/h4-5,7-10,13-14,18H,3,6,11-12,15-17H2,1-2H3,(H2,26,27,28);1H. The van der Waals surface area contributed by atoms with E-state index in [0.29, 0.717) is 37.8 Å². The van der Waals surface area contributed by atoms with Crippen molar-refractivity contribution in [1.29, 1.82) is 0 Å². The largest absolute Gasteiger partial charge is 0.489 e. The molecule has 0 aliphatic carbocycles. The molecule has 0 radical (unpaired) electrons. The van der Waals surface area contributed by atoms with Crippen molar-refractivity contribution >= 4 is 35.8 Å².